The van der Waals surface area contributed by atoms with Gasteiger partial charge in [-0.05, 0) is 32.3 Å². The van der Waals surface area contributed by atoms with Crippen molar-refractivity contribution in [2.24, 2.45) is 0 Å². The highest BCUT2D eigenvalue weighted by molar-refractivity contribution is 7.22. The second-order valence-corrected chi connectivity index (χ2v) is 7.85. The lowest BCUT2D eigenvalue weighted by molar-refractivity contribution is -0.394. The number of thiazole rings is 1. The van der Waals surface area contributed by atoms with Crippen LogP contribution in [0.5, 0.6) is 5.75 Å². The zero-order valence-electron chi connectivity index (χ0n) is 17.0. The molecule has 1 heterocycles. The van der Waals surface area contributed by atoms with Crippen molar-refractivity contribution >= 4 is 44.0 Å². The second-order valence-electron chi connectivity index (χ2n) is 6.84. The number of methoxy groups -OCH3 is 1. The minimum absolute atomic E-state index is 0.156. The van der Waals surface area contributed by atoms with Gasteiger partial charge in [0, 0.05) is 25.2 Å². The Morgan fingerprint density at radius 3 is 2.26 bits per heavy atom. The molecule has 3 aromatic rings. The van der Waals surface area contributed by atoms with E-state index in [1.54, 1.807) is 25.3 Å². The van der Waals surface area contributed by atoms with Gasteiger partial charge in [-0.2, -0.15) is 0 Å². The van der Waals surface area contributed by atoms with E-state index in [4.69, 9.17) is 4.74 Å². The largest absolute Gasteiger partial charge is 0.497 e. The maximum absolute atomic E-state index is 13.3. The standard InChI is InChI=1S/C19H19N5O6S/c1-21(2)6-7-22(19-20-16-5-4-15(30-3)11-17(16)31-19)18(25)12-8-13(23(26)27)10-14(9-12)24(28)29/h4-5,8-11H,6-7H2,1-3H3. The smallest absolute Gasteiger partial charge is 0.277 e. The summed E-state index contributed by atoms with van der Waals surface area (Å²) in [6, 6.07) is 8.21. The van der Waals surface area contributed by atoms with Gasteiger partial charge in [-0.25, -0.2) is 4.98 Å². The number of likely N-dealkylation sites (N-methyl/N-ethyl adjacent to an activating group) is 1. The van der Waals surface area contributed by atoms with Crippen molar-refractivity contribution in [3.63, 3.8) is 0 Å². The number of non-ortho nitro benzene ring substituents is 2. The monoisotopic (exact) mass is 445 g/mol. The minimum atomic E-state index is -0.766. The summed E-state index contributed by atoms with van der Waals surface area (Å²) in [6.07, 6.45) is 0. The normalized spacial score (nSPS) is 11.0. The Morgan fingerprint density at radius 1 is 1.06 bits per heavy atom. The molecule has 31 heavy (non-hydrogen) atoms. The highest BCUT2D eigenvalue weighted by Gasteiger charge is 2.26. The van der Waals surface area contributed by atoms with Crippen LogP contribution in [-0.4, -0.2) is 59.9 Å². The lowest BCUT2D eigenvalue weighted by Gasteiger charge is -2.22. The van der Waals surface area contributed by atoms with Crippen molar-refractivity contribution in [1.29, 1.82) is 0 Å². The van der Waals surface area contributed by atoms with Gasteiger partial charge in [0.25, 0.3) is 17.3 Å². The van der Waals surface area contributed by atoms with E-state index in [0.29, 0.717) is 22.9 Å². The summed E-state index contributed by atoms with van der Waals surface area (Å²) in [5, 5.41) is 22.8. The minimum Gasteiger partial charge on any atom is -0.497 e. The Balaban J connectivity index is 2.07. The lowest BCUT2D eigenvalue weighted by atomic mass is 10.1. The van der Waals surface area contributed by atoms with Crippen molar-refractivity contribution in [2.75, 3.05) is 39.2 Å². The van der Waals surface area contributed by atoms with Gasteiger partial charge in [-0.15, -0.1) is 0 Å². The van der Waals surface area contributed by atoms with Gasteiger partial charge in [0.1, 0.15) is 5.75 Å². The summed E-state index contributed by atoms with van der Waals surface area (Å²) in [6.45, 7) is 0.723. The number of nitro benzene ring substituents is 2. The Bertz CT molecular complexity index is 1130. The number of rotatable bonds is 8. The van der Waals surface area contributed by atoms with E-state index in [9.17, 15) is 25.0 Å². The molecular weight excluding hydrogens is 426 g/mol. The first-order valence-electron chi connectivity index (χ1n) is 9.04. The number of carbonyl (C=O) groups is 1. The molecule has 0 saturated heterocycles. The van der Waals surface area contributed by atoms with Crippen LogP contribution in [0.3, 0.4) is 0 Å². The van der Waals surface area contributed by atoms with Crippen LogP contribution in [0.2, 0.25) is 0 Å². The molecule has 0 saturated carbocycles. The summed E-state index contributed by atoms with van der Waals surface area (Å²) in [7, 11) is 5.22. The predicted octanol–water partition coefficient (Wildman–Crippen LogP) is 3.33. The summed E-state index contributed by atoms with van der Waals surface area (Å²) in [5.41, 5.74) is -0.553. The van der Waals surface area contributed by atoms with E-state index in [1.807, 2.05) is 19.0 Å². The lowest BCUT2D eigenvalue weighted by Crippen LogP contribution is -2.36. The molecule has 0 unspecified atom stereocenters. The van der Waals surface area contributed by atoms with Crippen molar-refractivity contribution in [2.45, 2.75) is 0 Å². The Morgan fingerprint density at radius 2 is 1.71 bits per heavy atom. The number of aromatic nitrogens is 1. The van der Waals surface area contributed by atoms with Crippen LogP contribution >= 0.6 is 11.3 Å². The SMILES string of the molecule is COc1ccc2nc(N(CCN(C)C)C(=O)c3cc([N+](=O)[O-])cc([N+](=O)[O-])c3)sc2c1. The number of fused-ring (bicyclic) bond motifs is 1. The number of hydrogen-bond donors (Lipinski definition) is 0. The summed E-state index contributed by atoms with van der Waals surface area (Å²) in [4.78, 5) is 42.0. The number of ether oxygens (including phenoxy) is 1. The quantitative estimate of drug-likeness (QED) is 0.381. The van der Waals surface area contributed by atoms with Crippen molar-refractivity contribution in [3.05, 3.63) is 62.2 Å². The maximum Gasteiger partial charge on any atom is 0.277 e. The van der Waals surface area contributed by atoms with Gasteiger partial charge in [0.15, 0.2) is 5.13 Å². The Kier molecular flexibility index (Phi) is 6.42. The summed E-state index contributed by atoms with van der Waals surface area (Å²) in [5.74, 6) is 0.0304. The third kappa shape index (κ3) is 4.92. The first-order chi connectivity index (χ1) is 14.7. The van der Waals surface area contributed by atoms with E-state index in [2.05, 4.69) is 4.98 Å². The molecule has 0 atom stereocenters. The van der Waals surface area contributed by atoms with Crippen LogP contribution in [0.4, 0.5) is 16.5 Å². The molecule has 12 heteroatoms. The van der Waals surface area contributed by atoms with Gasteiger partial charge in [-0.1, -0.05) is 11.3 Å². The molecule has 1 amide bonds. The highest BCUT2D eigenvalue weighted by atomic mass is 32.1. The summed E-state index contributed by atoms with van der Waals surface area (Å²) < 4.78 is 6.02. The third-order valence-electron chi connectivity index (χ3n) is 4.40. The average Bonchev–Trinajstić information content (AvgIpc) is 3.15. The van der Waals surface area contributed by atoms with Crippen LogP contribution < -0.4 is 9.64 Å². The van der Waals surface area contributed by atoms with E-state index in [0.717, 1.165) is 22.9 Å². The zero-order valence-corrected chi connectivity index (χ0v) is 17.8. The molecule has 0 aliphatic heterocycles. The molecule has 0 aliphatic rings. The molecule has 1 aromatic heterocycles. The zero-order chi connectivity index (χ0) is 22.7. The number of benzene rings is 2. The van der Waals surface area contributed by atoms with Crippen LogP contribution in [0, 0.1) is 20.2 Å². The molecule has 0 radical (unpaired) electrons. The number of hydrogen-bond acceptors (Lipinski definition) is 9. The third-order valence-corrected chi connectivity index (χ3v) is 5.44. The van der Waals surface area contributed by atoms with E-state index in [-0.39, 0.29) is 12.1 Å². The van der Waals surface area contributed by atoms with Crippen LogP contribution in [0.15, 0.2) is 36.4 Å². The molecule has 0 aliphatic carbocycles. The molecule has 2 aromatic carbocycles. The van der Waals surface area contributed by atoms with Crippen molar-refractivity contribution < 1.29 is 19.4 Å². The van der Waals surface area contributed by atoms with Crippen LogP contribution in [0.1, 0.15) is 10.4 Å². The van der Waals surface area contributed by atoms with Gasteiger partial charge >= 0.3 is 0 Å². The maximum atomic E-state index is 13.3. The van der Waals surface area contributed by atoms with Crippen LogP contribution in [-0.2, 0) is 0 Å². The molecular formula is C19H19N5O6S. The number of anilines is 1. The topological polar surface area (TPSA) is 132 Å². The highest BCUT2D eigenvalue weighted by Crippen LogP contribution is 2.33. The molecule has 0 spiro atoms. The molecule has 0 fully saturated rings. The van der Waals surface area contributed by atoms with Gasteiger partial charge < -0.3 is 9.64 Å². The first kappa shape index (κ1) is 22.1. The second kappa shape index (κ2) is 9.02. The first-order valence-corrected chi connectivity index (χ1v) is 9.86. The number of amides is 1. The summed E-state index contributed by atoms with van der Waals surface area (Å²) >= 11 is 1.26. The van der Waals surface area contributed by atoms with Gasteiger partial charge in [0.05, 0.1) is 38.8 Å². The van der Waals surface area contributed by atoms with Crippen molar-refractivity contribution in [1.82, 2.24) is 9.88 Å². The molecule has 0 bridgehead atoms. The van der Waals surface area contributed by atoms with E-state index in [1.165, 1.54) is 16.2 Å². The van der Waals surface area contributed by atoms with E-state index < -0.39 is 27.1 Å². The van der Waals surface area contributed by atoms with Crippen molar-refractivity contribution in [3.8, 4) is 5.75 Å². The number of nitro groups is 2. The fourth-order valence-electron chi connectivity index (χ4n) is 2.80. The fourth-order valence-corrected chi connectivity index (χ4v) is 3.82. The Hall–Kier alpha value is -3.64. The van der Waals surface area contributed by atoms with Crippen LogP contribution in [0.25, 0.3) is 10.2 Å². The molecule has 162 valence electrons. The Labute approximate surface area is 180 Å². The average molecular weight is 445 g/mol. The molecule has 0 N–H and O–H groups in total. The van der Waals surface area contributed by atoms with Gasteiger partial charge in [-0.3, -0.25) is 29.9 Å². The number of nitrogens with zero attached hydrogens (tertiary/aromatic N) is 5. The molecule has 11 nitrogen and oxygen atoms in total. The van der Waals surface area contributed by atoms with Gasteiger partial charge in [0.2, 0.25) is 0 Å². The molecule has 3 rings (SSSR count). The predicted molar refractivity (Wildman–Crippen MR) is 116 cm³/mol. The number of carbonyl (C=O) groups excluding carboxylic acids is 1. The fraction of sp³-hybridized carbons (Fsp3) is 0.263. The van der Waals surface area contributed by atoms with E-state index >= 15 is 0 Å².